The van der Waals surface area contributed by atoms with E-state index in [2.05, 4.69) is 0 Å². The van der Waals surface area contributed by atoms with Crippen LogP contribution in [0.3, 0.4) is 0 Å². The number of ketones is 1. The number of fused-ring (bicyclic) bond motifs is 1. The lowest BCUT2D eigenvalue weighted by molar-refractivity contribution is 0.0982. The van der Waals surface area contributed by atoms with E-state index in [-0.39, 0.29) is 29.9 Å². The van der Waals surface area contributed by atoms with Gasteiger partial charge in [0.2, 0.25) is 0 Å². The molecule has 0 unspecified atom stereocenters. The third-order valence-electron chi connectivity index (χ3n) is 3.87. The molecule has 24 heavy (non-hydrogen) atoms. The first kappa shape index (κ1) is 15.8. The van der Waals surface area contributed by atoms with Gasteiger partial charge in [-0.1, -0.05) is 24.3 Å². The first-order valence-corrected chi connectivity index (χ1v) is 7.51. The van der Waals surface area contributed by atoms with E-state index >= 15 is 0 Å². The molecular weight excluding hydrogens is 308 g/mol. The summed E-state index contributed by atoms with van der Waals surface area (Å²) in [5.74, 6) is 0.329. The topological polar surface area (TPSA) is 76.7 Å². The Labute approximate surface area is 138 Å². The fourth-order valence-electron chi connectivity index (χ4n) is 2.57. The van der Waals surface area contributed by atoms with Gasteiger partial charge in [0.15, 0.2) is 5.78 Å². The molecule has 0 bridgehead atoms. The molecule has 0 aliphatic carbocycles. The van der Waals surface area contributed by atoms with Crippen LogP contribution in [-0.4, -0.2) is 18.0 Å². The van der Waals surface area contributed by atoms with Gasteiger partial charge in [0.25, 0.3) is 0 Å². The summed E-state index contributed by atoms with van der Waals surface area (Å²) in [6, 6.07) is 13.6. The van der Waals surface area contributed by atoms with Gasteiger partial charge in [0.1, 0.15) is 17.1 Å². The fraction of sp³-hybridized carbons (Fsp3) is 0.158. The summed E-state index contributed by atoms with van der Waals surface area (Å²) in [5, 5.41) is 10.8. The number of hydrogen-bond acceptors (Lipinski definition) is 5. The van der Waals surface area contributed by atoms with E-state index in [9.17, 15) is 14.7 Å². The normalized spacial score (nSPS) is 10.7. The SMILES string of the molecule is COc1cccc(C(=O)CCc2c(O)c3ccccc3oc2=O)c1. The first-order chi connectivity index (χ1) is 11.6. The van der Waals surface area contributed by atoms with Crippen molar-refractivity contribution in [3.8, 4) is 11.5 Å². The van der Waals surface area contributed by atoms with Crippen molar-refractivity contribution in [1.29, 1.82) is 0 Å². The van der Waals surface area contributed by atoms with Crippen LogP contribution in [0.1, 0.15) is 22.3 Å². The van der Waals surface area contributed by atoms with Crippen LogP contribution in [0.5, 0.6) is 11.5 Å². The van der Waals surface area contributed by atoms with E-state index in [0.717, 1.165) is 0 Å². The zero-order valence-electron chi connectivity index (χ0n) is 13.1. The maximum absolute atomic E-state index is 12.3. The lowest BCUT2D eigenvalue weighted by Crippen LogP contribution is -2.10. The van der Waals surface area contributed by atoms with Gasteiger partial charge in [-0.15, -0.1) is 0 Å². The average Bonchev–Trinajstić information content (AvgIpc) is 2.61. The summed E-state index contributed by atoms with van der Waals surface area (Å²) in [6.45, 7) is 0. The van der Waals surface area contributed by atoms with E-state index in [4.69, 9.17) is 9.15 Å². The van der Waals surface area contributed by atoms with Gasteiger partial charge in [-0.2, -0.15) is 0 Å². The van der Waals surface area contributed by atoms with Crippen LogP contribution in [0.4, 0.5) is 0 Å². The lowest BCUT2D eigenvalue weighted by atomic mass is 10.0. The average molecular weight is 324 g/mol. The molecule has 0 aliphatic heterocycles. The van der Waals surface area contributed by atoms with Crippen molar-refractivity contribution < 1.29 is 19.1 Å². The minimum atomic E-state index is -0.621. The van der Waals surface area contributed by atoms with Gasteiger partial charge in [-0.05, 0) is 30.7 Å². The Hall–Kier alpha value is -3.08. The fourth-order valence-corrected chi connectivity index (χ4v) is 2.57. The Morgan fingerprint density at radius 3 is 2.75 bits per heavy atom. The van der Waals surface area contributed by atoms with E-state index < -0.39 is 5.63 Å². The van der Waals surface area contributed by atoms with Gasteiger partial charge >= 0.3 is 5.63 Å². The quantitative estimate of drug-likeness (QED) is 0.575. The van der Waals surface area contributed by atoms with Gasteiger partial charge < -0.3 is 14.3 Å². The molecular formula is C19H16O5. The summed E-state index contributed by atoms with van der Waals surface area (Å²) in [5.41, 5.74) is 0.316. The molecule has 0 saturated heterocycles. The molecule has 0 radical (unpaired) electrons. The van der Waals surface area contributed by atoms with Crippen molar-refractivity contribution in [3.63, 3.8) is 0 Å². The predicted molar refractivity (Wildman–Crippen MR) is 89.8 cm³/mol. The van der Waals surface area contributed by atoms with Gasteiger partial charge in [0.05, 0.1) is 18.1 Å². The van der Waals surface area contributed by atoms with Gasteiger partial charge in [0, 0.05) is 12.0 Å². The molecule has 0 saturated carbocycles. The zero-order chi connectivity index (χ0) is 17.1. The van der Waals surface area contributed by atoms with Crippen LogP contribution in [0, 0.1) is 0 Å². The first-order valence-electron chi connectivity index (χ1n) is 7.51. The smallest absolute Gasteiger partial charge is 0.343 e. The van der Waals surface area contributed by atoms with Crippen LogP contribution >= 0.6 is 0 Å². The van der Waals surface area contributed by atoms with E-state index in [0.29, 0.717) is 22.3 Å². The second-order valence-electron chi connectivity index (χ2n) is 5.37. The number of aromatic hydroxyl groups is 1. The van der Waals surface area contributed by atoms with E-state index in [1.54, 1.807) is 48.5 Å². The number of ether oxygens (including phenoxy) is 1. The molecule has 0 fully saturated rings. The van der Waals surface area contributed by atoms with Crippen LogP contribution < -0.4 is 10.4 Å². The number of rotatable bonds is 5. The molecule has 0 spiro atoms. The third kappa shape index (κ3) is 3.01. The van der Waals surface area contributed by atoms with Crippen molar-refractivity contribution >= 4 is 16.8 Å². The minimum absolute atomic E-state index is 0.0871. The standard InChI is InChI=1S/C19H16O5/c1-23-13-6-4-5-12(11-13)16(20)10-9-15-18(21)14-7-2-3-8-17(14)24-19(15)22/h2-8,11,21H,9-10H2,1H3. The number of para-hydroxylation sites is 1. The third-order valence-corrected chi connectivity index (χ3v) is 3.87. The molecule has 5 nitrogen and oxygen atoms in total. The summed E-state index contributed by atoms with van der Waals surface area (Å²) in [7, 11) is 1.53. The highest BCUT2D eigenvalue weighted by atomic mass is 16.5. The van der Waals surface area contributed by atoms with E-state index in [1.165, 1.54) is 7.11 Å². The van der Waals surface area contributed by atoms with Crippen LogP contribution in [0.15, 0.2) is 57.7 Å². The molecule has 1 heterocycles. The van der Waals surface area contributed by atoms with Crippen molar-refractivity contribution in [1.82, 2.24) is 0 Å². The molecule has 1 N–H and O–H groups in total. The van der Waals surface area contributed by atoms with Crippen molar-refractivity contribution in [2.75, 3.05) is 7.11 Å². The Bertz CT molecular complexity index is 955. The van der Waals surface area contributed by atoms with Crippen molar-refractivity contribution in [2.45, 2.75) is 12.8 Å². The molecule has 3 rings (SSSR count). The molecule has 122 valence electrons. The maximum atomic E-state index is 12.3. The number of benzene rings is 2. The molecule has 0 amide bonds. The summed E-state index contributed by atoms with van der Waals surface area (Å²) >= 11 is 0. The number of Topliss-reactive ketones (excluding diaryl/α,β-unsaturated/α-hetero) is 1. The molecule has 0 atom stereocenters. The van der Waals surface area contributed by atoms with Crippen LogP contribution in [-0.2, 0) is 6.42 Å². The highest BCUT2D eigenvalue weighted by Crippen LogP contribution is 2.27. The molecule has 1 aromatic heterocycles. The van der Waals surface area contributed by atoms with Crippen LogP contribution in [0.2, 0.25) is 0 Å². The molecule has 2 aromatic carbocycles. The summed E-state index contributed by atoms with van der Waals surface area (Å²) in [6.07, 6.45) is 0.193. The Kier molecular flexibility index (Phi) is 4.33. The van der Waals surface area contributed by atoms with Crippen molar-refractivity contribution in [2.24, 2.45) is 0 Å². The van der Waals surface area contributed by atoms with Crippen LogP contribution in [0.25, 0.3) is 11.0 Å². The van der Waals surface area contributed by atoms with Gasteiger partial charge in [-0.3, -0.25) is 4.79 Å². The number of hydrogen-bond donors (Lipinski definition) is 1. The van der Waals surface area contributed by atoms with Crippen molar-refractivity contribution in [3.05, 3.63) is 70.1 Å². The highest BCUT2D eigenvalue weighted by Gasteiger charge is 2.16. The number of carbonyl (C=O) groups is 1. The van der Waals surface area contributed by atoms with E-state index in [1.807, 2.05) is 0 Å². The largest absolute Gasteiger partial charge is 0.507 e. The summed E-state index contributed by atoms with van der Waals surface area (Å²) in [4.78, 5) is 24.3. The monoisotopic (exact) mass is 324 g/mol. The lowest BCUT2D eigenvalue weighted by Gasteiger charge is -2.07. The minimum Gasteiger partial charge on any atom is -0.507 e. The second kappa shape index (κ2) is 6.58. The second-order valence-corrected chi connectivity index (χ2v) is 5.37. The number of carbonyl (C=O) groups excluding carboxylic acids is 1. The highest BCUT2D eigenvalue weighted by molar-refractivity contribution is 5.96. The molecule has 3 aromatic rings. The van der Waals surface area contributed by atoms with Gasteiger partial charge in [-0.25, -0.2) is 4.79 Å². The Morgan fingerprint density at radius 1 is 1.17 bits per heavy atom. The number of methoxy groups -OCH3 is 1. The summed E-state index contributed by atoms with van der Waals surface area (Å²) < 4.78 is 10.3. The zero-order valence-corrected chi connectivity index (χ0v) is 13.1. The molecule has 0 aliphatic rings. The predicted octanol–water partition coefficient (Wildman–Crippen LogP) is 3.32. The Morgan fingerprint density at radius 2 is 1.96 bits per heavy atom. The maximum Gasteiger partial charge on any atom is 0.343 e. The molecule has 5 heteroatoms. The Balaban J connectivity index is 1.85.